The second kappa shape index (κ2) is 4.67. The van der Waals surface area contributed by atoms with Gasteiger partial charge in [0.15, 0.2) is 0 Å². The molecule has 0 radical (unpaired) electrons. The molecular weight excluding hydrogens is 244 g/mol. The van der Waals surface area contributed by atoms with Crippen molar-refractivity contribution in [2.75, 3.05) is 19.6 Å². The second-order valence-electron chi connectivity index (χ2n) is 5.70. The van der Waals surface area contributed by atoms with Crippen LogP contribution in [0.15, 0.2) is 16.8 Å². The quantitative estimate of drug-likeness (QED) is 0.889. The molecule has 1 aromatic heterocycles. The van der Waals surface area contributed by atoms with Crippen molar-refractivity contribution >= 4 is 17.2 Å². The van der Waals surface area contributed by atoms with Gasteiger partial charge in [0, 0.05) is 13.1 Å². The van der Waals surface area contributed by atoms with Crippen LogP contribution in [0, 0.1) is 5.41 Å². The summed E-state index contributed by atoms with van der Waals surface area (Å²) in [6, 6.07) is 2.48. The van der Waals surface area contributed by atoms with E-state index in [-0.39, 0.29) is 5.41 Å². The molecule has 1 aromatic rings. The summed E-state index contributed by atoms with van der Waals surface area (Å²) in [6.07, 6.45) is 3.22. The number of amides is 1. The molecule has 1 N–H and O–H groups in total. The molecular formula is C14H20N2OS. The average molecular weight is 264 g/mol. The fourth-order valence-corrected chi connectivity index (χ4v) is 3.87. The fourth-order valence-electron chi connectivity index (χ4n) is 3.17. The van der Waals surface area contributed by atoms with Crippen molar-refractivity contribution in [3.05, 3.63) is 22.4 Å². The van der Waals surface area contributed by atoms with Crippen LogP contribution in [0.4, 0.5) is 0 Å². The molecule has 2 aliphatic heterocycles. The molecule has 2 aliphatic rings. The molecule has 1 amide bonds. The Kier molecular flexibility index (Phi) is 3.16. The summed E-state index contributed by atoms with van der Waals surface area (Å²) in [6.45, 7) is 4.84. The van der Waals surface area contributed by atoms with Crippen LogP contribution < -0.4 is 5.32 Å². The van der Waals surface area contributed by atoms with Crippen molar-refractivity contribution < 1.29 is 4.79 Å². The van der Waals surface area contributed by atoms with Gasteiger partial charge in [-0.05, 0) is 55.1 Å². The van der Waals surface area contributed by atoms with Gasteiger partial charge in [-0.1, -0.05) is 0 Å². The van der Waals surface area contributed by atoms with E-state index in [4.69, 9.17) is 0 Å². The van der Waals surface area contributed by atoms with E-state index in [1.807, 2.05) is 0 Å². The molecule has 18 heavy (non-hydrogen) atoms. The Hall–Kier alpha value is -0.870. The number of nitrogens with zero attached hydrogens (tertiary/aromatic N) is 1. The van der Waals surface area contributed by atoms with Crippen molar-refractivity contribution in [3.8, 4) is 0 Å². The topological polar surface area (TPSA) is 32.3 Å². The maximum absolute atomic E-state index is 12.8. The monoisotopic (exact) mass is 264 g/mol. The molecule has 3 nitrogen and oxygen atoms in total. The highest BCUT2D eigenvalue weighted by Gasteiger charge is 2.42. The van der Waals surface area contributed by atoms with Crippen LogP contribution >= 0.6 is 11.3 Å². The van der Waals surface area contributed by atoms with Gasteiger partial charge in [0.1, 0.15) is 0 Å². The highest BCUT2D eigenvalue weighted by atomic mass is 32.1. The molecule has 2 saturated heterocycles. The Bertz CT molecular complexity index is 423. The summed E-state index contributed by atoms with van der Waals surface area (Å²) in [5.41, 5.74) is 1.14. The molecule has 0 spiro atoms. The van der Waals surface area contributed by atoms with Crippen molar-refractivity contribution in [1.82, 2.24) is 10.2 Å². The minimum Gasteiger partial charge on any atom is -0.335 e. The van der Waals surface area contributed by atoms with Gasteiger partial charge in [-0.15, -0.1) is 0 Å². The maximum Gasteiger partial charge on any atom is 0.230 e. The van der Waals surface area contributed by atoms with Crippen molar-refractivity contribution in [3.63, 3.8) is 0 Å². The van der Waals surface area contributed by atoms with Crippen LogP contribution in [0.2, 0.25) is 0 Å². The molecule has 98 valence electrons. The number of carbonyl (C=O) groups is 1. The lowest BCUT2D eigenvalue weighted by atomic mass is 9.87. The van der Waals surface area contributed by atoms with Gasteiger partial charge in [0.05, 0.1) is 11.5 Å². The Morgan fingerprint density at radius 2 is 2.50 bits per heavy atom. The van der Waals surface area contributed by atoms with Crippen LogP contribution in [0.5, 0.6) is 0 Å². The van der Waals surface area contributed by atoms with E-state index in [2.05, 4.69) is 34.0 Å². The summed E-state index contributed by atoms with van der Waals surface area (Å²) in [5, 5.41) is 7.61. The smallest absolute Gasteiger partial charge is 0.230 e. The third-order valence-electron chi connectivity index (χ3n) is 4.33. The van der Waals surface area contributed by atoms with E-state index in [0.717, 1.165) is 38.9 Å². The van der Waals surface area contributed by atoms with E-state index in [1.165, 1.54) is 5.56 Å². The number of nitrogens with one attached hydrogen (secondary N) is 1. The Labute approximate surface area is 112 Å². The molecule has 2 atom stereocenters. The number of rotatable bonds is 2. The third kappa shape index (κ3) is 1.97. The molecule has 2 fully saturated rings. The first kappa shape index (κ1) is 12.2. The van der Waals surface area contributed by atoms with Gasteiger partial charge >= 0.3 is 0 Å². The van der Waals surface area contributed by atoms with Crippen molar-refractivity contribution in [2.24, 2.45) is 5.41 Å². The van der Waals surface area contributed by atoms with E-state index in [9.17, 15) is 4.79 Å². The van der Waals surface area contributed by atoms with Crippen LogP contribution in [0.25, 0.3) is 0 Å². The minimum absolute atomic E-state index is 0.182. The first-order valence-corrected chi connectivity index (χ1v) is 7.69. The Morgan fingerprint density at radius 1 is 1.61 bits per heavy atom. The van der Waals surface area contributed by atoms with E-state index in [1.54, 1.807) is 11.3 Å². The third-order valence-corrected chi connectivity index (χ3v) is 5.03. The summed E-state index contributed by atoms with van der Waals surface area (Å²) in [5.74, 6) is 0.348. The van der Waals surface area contributed by atoms with E-state index in [0.29, 0.717) is 11.9 Å². The van der Waals surface area contributed by atoms with Crippen LogP contribution in [-0.2, 0) is 4.79 Å². The molecule has 3 heterocycles. The van der Waals surface area contributed by atoms with Crippen molar-refractivity contribution in [2.45, 2.75) is 32.2 Å². The molecule has 0 aromatic carbocycles. The van der Waals surface area contributed by atoms with Crippen LogP contribution in [-0.4, -0.2) is 30.4 Å². The zero-order valence-corrected chi connectivity index (χ0v) is 11.6. The van der Waals surface area contributed by atoms with Gasteiger partial charge in [0.2, 0.25) is 5.91 Å². The Balaban J connectivity index is 1.80. The molecule has 0 aliphatic carbocycles. The highest BCUT2D eigenvalue weighted by molar-refractivity contribution is 7.07. The summed E-state index contributed by atoms with van der Waals surface area (Å²) >= 11 is 1.72. The molecule has 2 unspecified atom stereocenters. The van der Waals surface area contributed by atoms with Crippen LogP contribution in [0.3, 0.4) is 0 Å². The SMILES string of the molecule is CC1(C(=O)N2CCCC2c2ccsc2)CCNC1. The summed E-state index contributed by atoms with van der Waals surface area (Å²) < 4.78 is 0. The van der Waals surface area contributed by atoms with E-state index < -0.39 is 0 Å². The average Bonchev–Trinajstić information content (AvgIpc) is 3.09. The lowest BCUT2D eigenvalue weighted by molar-refractivity contribution is -0.141. The zero-order valence-electron chi connectivity index (χ0n) is 10.8. The van der Waals surface area contributed by atoms with Crippen LogP contribution in [0.1, 0.15) is 37.8 Å². The Morgan fingerprint density at radius 3 is 3.17 bits per heavy atom. The zero-order chi connectivity index (χ0) is 12.6. The highest BCUT2D eigenvalue weighted by Crippen LogP contribution is 2.38. The number of thiophene rings is 1. The lowest BCUT2D eigenvalue weighted by Gasteiger charge is -2.32. The standard InChI is InChI=1S/C14H20N2OS/c1-14(5-6-15-10-14)13(17)16-7-2-3-12(16)11-4-8-18-9-11/h4,8-9,12,15H,2-3,5-7,10H2,1H3. The van der Waals surface area contributed by atoms with Gasteiger partial charge in [-0.3, -0.25) is 4.79 Å². The summed E-state index contributed by atoms with van der Waals surface area (Å²) in [7, 11) is 0. The second-order valence-corrected chi connectivity index (χ2v) is 6.48. The lowest BCUT2D eigenvalue weighted by Crippen LogP contribution is -2.43. The number of hydrogen-bond donors (Lipinski definition) is 1. The van der Waals surface area contributed by atoms with Gasteiger partial charge in [-0.2, -0.15) is 11.3 Å². The van der Waals surface area contributed by atoms with Gasteiger partial charge < -0.3 is 10.2 Å². The van der Waals surface area contributed by atoms with Gasteiger partial charge in [-0.25, -0.2) is 0 Å². The number of carbonyl (C=O) groups excluding carboxylic acids is 1. The maximum atomic E-state index is 12.8. The molecule has 0 saturated carbocycles. The summed E-state index contributed by atoms with van der Waals surface area (Å²) in [4.78, 5) is 14.9. The predicted molar refractivity (Wildman–Crippen MR) is 73.6 cm³/mol. The minimum atomic E-state index is -0.182. The van der Waals surface area contributed by atoms with E-state index >= 15 is 0 Å². The number of hydrogen-bond acceptors (Lipinski definition) is 3. The molecule has 4 heteroatoms. The molecule has 3 rings (SSSR count). The normalized spacial score (nSPS) is 32.1. The van der Waals surface area contributed by atoms with Gasteiger partial charge in [0.25, 0.3) is 0 Å². The largest absolute Gasteiger partial charge is 0.335 e. The fraction of sp³-hybridized carbons (Fsp3) is 0.643. The number of likely N-dealkylation sites (tertiary alicyclic amines) is 1. The molecule has 0 bridgehead atoms. The first-order chi connectivity index (χ1) is 8.71. The van der Waals surface area contributed by atoms with Crippen molar-refractivity contribution in [1.29, 1.82) is 0 Å². The predicted octanol–water partition coefficient (Wildman–Crippen LogP) is 2.41. The first-order valence-electron chi connectivity index (χ1n) is 6.75.